The van der Waals surface area contributed by atoms with Gasteiger partial charge in [0.1, 0.15) is 5.75 Å². The fourth-order valence-corrected chi connectivity index (χ4v) is 3.26. The molecule has 0 bridgehead atoms. The van der Waals surface area contributed by atoms with Gasteiger partial charge in [0.25, 0.3) is 5.91 Å². The molecule has 164 valence electrons. The third kappa shape index (κ3) is 5.24. The van der Waals surface area contributed by atoms with Crippen LogP contribution in [0.3, 0.4) is 0 Å². The lowest BCUT2D eigenvalue weighted by Gasteiger charge is -2.22. The fourth-order valence-electron chi connectivity index (χ4n) is 3.26. The van der Waals surface area contributed by atoms with E-state index in [-0.39, 0.29) is 31.1 Å². The molecule has 0 aliphatic carbocycles. The molecular formula is C24H27NO6. The van der Waals surface area contributed by atoms with Crippen molar-refractivity contribution in [3.63, 3.8) is 0 Å². The quantitative estimate of drug-likeness (QED) is 0.510. The summed E-state index contributed by atoms with van der Waals surface area (Å²) in [6.07, 6.45) is 0.851. The average molecular weight is 425 g/mol. The van der Waals surface area contributed by atoms with Gasteiger partial charge in [-0.3, -0.25) is 4.79 Å². The molecule has 2 aromatic carbocycles. The van der Waals surface area contributed by atoms with Crippen LogP contribution in [0.25, 0.3) is 22.1 Å². The smallest absolute Gasteiger partial charge is 0.344 e. The molecule has 0 fully saturated rings. The van der Waals surface area contributed by atoms with E-state index in [1.165, 1.54) is 7.11 Å². The molecule has 7 heteroatoms. The third-order valence-corrected chi connectivity index (χ3v) is 5.35. The van der Waals surface area contributed by atoms with Gasteiger partial charge in [0, 0.05) is 5.39 Å². The van der Waals surface area contributed by atoms with E-state index in [0.29, 0.717) is 28.2 Å². The fraction of sp³-hybridized carbons (Fsp3) is 0.333. The van der Waals surface area contributed by atoms with Gasteiger partial charge < -0.3 is 24.3 Å². The Morgan fingerprint density at radius 2 is 1.94 bits per heavy atom. The molecule has 2 atom stereocenters. The summed E-state index contributed by atoms with van der Waals surface area (Å²) in [5.74, 6) is 0.865. The van der Waals surface area contributed by atoms with Crippen molar-refractivity contribution < 1.29 is 23.8 Å². The Labute approximate surface area is 180 Å². The molecular weight excluding hydrogens is 398 g/mol. The van der Waals surface area contributed by atoms with E-state index in [4.69, 9.17) is 13.9 Å². The lowest BCUT2D eigenvalue weighted by Crippen LogP contribution is -2.43. The maximum absolute atomic E-state index is 12.5. The predicted octanol–water partition coefficient (Wildman–Crippen LogP) is 3.37. The van der Waals surface area contributed by atoms with Crippen molar-refractivity contribution in [1.82, 2.24) is 5.32 Å². The van der Waals surface area contributed by atoms with Gasteiger partial charge in [0.15, 0.2) is 17.9 Å². The zero-order chi connectivity index (χ0) is 22.4. The van der Waals surface area contributed by atoms with Crippen LogP contribution in [0.1, 0.15) is 20.3 Å². The summed E-state index contributed by atoms with van der Waals surface area (Å²) in [7, 11) is 1.52. The molecule has 0 aliphatic heterocycles. The molecule has 0 aliphatic rings. The highest BCUT2D eigenvalue weighted by Gasteiger charge is 2.17. The molecule has 0 saturated heterocycles. The lowest BCUT2D eigenvalue weighted by atomic mass is 10.00. The number of para-hydroxylation sites is 1. The largest absolute Gasteiger partial charge is 0.493 e. The normalized spacial score (nSPS) is 12.9. The van der Waals surface area contributed by atoms with E-state index in [1.807, 2.05) is 26.0 Å². The molecule has 0 saturated carbocycles. The molecule has 3 rings (SSSR count). The summed E-state index contributed by atoms with van der Waals surface area (Å²) in [5.41, 5.74) is 1.03. The van der Waals surface area contributed by atoms with E-state index >= 15 is 0 Å². The Morgan fingerprint density at radius 1 is 1.19 bits per heavy atom. The van der Waals surface area contributed by atoms with Gasteiger partial charge in [-0.2, -0.15) is 0 Å². The molecule has 2 N–H and O–H groups in total. The van der Waals surface area contributed by atoms with Crippen LogP contribution in [0.5, 0.6) is 11.5 Å². The van der Waals surface area contributed by atoms with Crippen LogP contribution in [0.15, 0.2) is 57.7 Å². The van der Waals surface area contributed by atoms with Crippen molar-refractivity contribution >= 4 is 16.9 Å². The molecule has 2 unspecified atom stereocenters. The van der Waals surface area contributed by atoms with Gasteiger partial charge >= 0.3 is 5.63 Å². The van der Waals surface area contributed by atoms with Crippen molar-refractivity contribution in [2.75, 3.05) is 20.3 Å². The number of benzene rings is 2. The predicted molar refractivity (Wildman–Crippen MR) is 118 cm³/mol. The minimum Gasteiger partial charge on any atom is -0.493 e. The molecule has 0 radical (unpaired) electrons. The Hall–Kier alpha value is -3.32. The average Bonchev–Trinajstić information content (AvgIpc) is 2.80. The highest BCUT2D eigenvalue weighted by molar-refractivity contribution is 5.86. The third-order valence-electron chi connectivity index (χ3n) is 5.35. The number of methoxy groups -OCH3 is 1. The van der Waals surface area contributed by atoms with Crippen molar-refractivity contribution in [3.8, 4) is 22.6 Å². The van der Waals surface area contributed by atoms with Crippen LogP contribution in [-0.2, 0) is 4.79 Å². The van der Waals surface area contributed by atoms with Crippen molar-refractivity contribution in [1.29, 1.82) is 0 Å². The van der Waals surface area contributed by atoms with Crippen LogP contribution in [0, 0.1) is 5.92 Å². The molecule has 31 heavy (non-hydrogen) atoms. The van der Waals surface area contributed by atoms with Crippen molar-refractivity contribution in [2.24, 2.45) is 5.92 Å². The maximum atomic E-state index is 12.5. The molecule has 1 heterocycles. The van der Waals surface area contributed by atoms with Crippen LogP contribution >= 0.6 is 0 Å². The number of hydrogen-bond acceptors (Lipinski definition) is 6. The number of amides is 1. The van der Waals surface area contributed by atoms with E-state index in [2.05, 4.69) is 5.32 Å². The molecule has 3 aromatic rings. The second-order valence-electron chi connectivity index (χ2n) is 7.38. The Balaban J connectivity index is 1.70. The second-order valence-corrected chi connectivity index (χ2v) is 7.38. The first-order valence-corrected chi connectivity index (χ1v) is 10.2. The summed E-state index contributed by atoms with van der Waals surface area (Å²) in [5, 5.41) is 13.0. The highest BCUT2D eigenvalue weighted by Crippen LogP contribution is 2.28. The standard InChI is InChI=1S/C24H27NO6/c1-4-15(2)20(13-26)25-22(27)14-30-18-10-8-16(9-11-18)19-12-17-6-5-7-21(29-3)23(17)31-24(19)28/h5-12,15,20,26H,4,13-14H2,1-3H3,(H,25,27). The van der Waals surface area contributed by atoms with E-state index < -0.39 is 5.63 Å². The van der Waals surface area contributed by atoms with E-state index in [0.717, 1.165) is 11.8 Å². The summed E-state index contributed by atoms with van der Waals surface area (Å²) in [6.45, 7) is 3.70. The van der Waals surface area contributed by atoms with Crippen molar-refractivity contribution in [2.45, 2.75) is 26.3 Å². The first kappa shape index (κ1) is 22.4. The number of nitrogens with one attached hydrogen (secondary N) is 1. The number of carbonyl (C=O) groups is 1. The topological polar surface area (TPSA) is 98.0 Å². The summed E-state index contributed by atoms with van der Waals surface area (Å²) < 4.78 is 16.3. The number of ether oxygens (including phenoxy) is 2. The number of fused-ring (bicyclic) bond motifs is 1. The molecule has 0 spiro atoms. The first-order chi connectivity index (χ1) is 15.0. The van der Waals surface area contributed by atoms with Gasteiger partial charge in [-0.15, -0.1) is 0 Å². The minimum atomic E-state index is -0.467. The minimum absolute atomic E-state index is 0.115. The van der Waals surface area contributed by atoms with Crippen LogP contribution in [-0.4, -0.2) is 37.4 Å². The zero-order valence-corrected chi connectivity index (χ0v) is 17.9. The van der Waals surface area contributed by atoms with Crippen molar-refractivity contribution in [3.05, 3.63) is 59.0 Å². The Morgan fingerprint density at radius 3 is 2.58 bits per heavy atom. The van der Waals surface area contributed by atoms with E-state index in [9.17, 15) is 14.7 Å². The monoisotopic (exact) mass is 425 g/mol. The summed E-state index contributed by atoms with van der Waals surface area (Å²) in [6, 6.07) is 13.7. The van der Waals surface area contributed by atoms with E-state index in [1.54, 1.807) is 36.4 Å². The number of hydrogen-bond donors (Lipinski definition) is 2. The highest BCUT2D eigenvalue weighted by atomic mass is 16.5. The number of aliphatic hydroxyl groups excluding tert-OH is 1. The SMILES string of the molecule is CCC(C)C(CO)NC(=O)COc1ccc(-c2cc3cccc(OC)c3oc2=O)cc1. The number of aliphatic hydroxyl groups is 1. The maximum Gasteiger partial charge on any atom is 0.344 e. The lowest BCUT2D eigenvalue weighted by molar-refractivity contribution is -0.124. The Bertz CT molecular complexity index is 1090. The molecule has 1 aromatic heterocycles. The van der Waals surface area contributed by atoms with Crippen LogP contribution in [0.4, 0.5) is 0 Å². The van der Waals surface area contributed by atoms with Crippen LogP contribution < -0.4 is 20.4 Å². The van der Waals surface area contributed by atoms with Gasteiger partial charge in [-0.25, -0.2) is 4.79 Å². The molecule has 7 nitrogen and oxygen atoms in total. The second kappa shape index (κ2) is 10.1. The number of rotatable bonds is 9. The van der Waals surface area contributed by atoms with Gasteiger partial charge in [-0.05, 0) is 35.7 Å². The number of carbonyl (C=O) groups excluding carboxylic acids is 1. The summed E-state index contributed by atoms with van der Waals surface area (Å²) in [4.78, 5) is 24.6. The van der Waals surface area contributed by atoms with Gasteiger partial charge in [-0.1, -0.05) is 44.5 Å². The van der Waals surface area contributed by atoms with Gasteiger partial charge in [0.05, 0.1) is 25.3 Å². The Kier molecular flexibility index (Phi) is 7.31. The summed E-state index contributed by atoms with van der Waals surface area (Å²) >= 11 is 0. The molecule has 1 amide bonds. The zero-order valence-electron chi connectivity index (χ0n) is 17.9. The van der Waals surface area contributed by atoms with Crippen LogP contribution in [0.2, 0.25) is 0 Å². The van der Waals surface area contributed by atoms with Gasteiger partial charge in [0.2, 0.25) is 0 Å². The first-order valence-electron chi connectivity index (χ1n) is 10.2.